The van der Waals surface area contributed by atoms with Gasteiger partial charge in [0.1, 0.15) is 0 Å². The number of hydrogen-bond acceptors (Lipinski definition) is 8. The summed E-state index contributed by atoms with van der Waals surface area (Å²) in [6.07, 6.45) is 6.87. The lowest BCUT2D eigenvalue weighted by molar-refractivity contribution is 0.198. The fourth-order valence-corrected chi connectivity index (χ4v) is 3.68. The highest BCUT2D eigenvalue weighted by Crippen LogP contribution is 2.27. The number of allylic oxidation sites excluding steroid dienone is 1. The molecule has 3 heterocycles. The summed E-state index contributed by atoms with van der Waals surface area (Å²) in [6.45, 7) is 5.26. The van der Waals surface area contributed by atoms with Gasteiger partial charge in [-0.1, -0.05) is 6.07 Å². The molecule has 0 bridgehead atoms. The Morgan fingerprint density at radius 2 is 2.06 bits per heavy atom. The van der Waals surface area contributed by atoms with E-state index in [4.69, 9.17) is 5.41 Å². The van der Waals surface area contributed by atoms with Crippen molar-refractivity contribution in [3.63, 3.8) is 0 Å². The monoisotopic (exact) mass is 429 g/mol. The molecule has 164 valence electrons. The molecule has 0 unspecified atom stereocenters. The number of benzene rings is 1. The summed E-state index contributed by atoms with van der Waals surface area (Å²) in [5.74, 6) is 0.467. The van der Waals surface area contributed by atoms with Crippen LogP contribution in [0.3, 0.4) is 0 Å². The molecule has 0 aliphatic carbocycles. The lowest BCUT2D eigenvalue weighted by Crippen LogP contribution is -2.20. The molecule has 0 fully saturated rings. The quantitative estimate of drug-likeness (QED) is 0.387. The van der Waals surface area contributed by atoms with Crippen LogP contribution in [-0.2, 0) is 13.1 Å². The first-order valence-electron chi connectivity index (χ1n) is 10.7. The Labute approximate surface area is 187 Å². The Hall–Kier alpha value is -3.62. The van der Waals surface area contributed by atoms with Crippen molar-refractivity contribution >= 4 is 22.9 Å². The van der Waals surface area contributed by atoms with Crippen LogP contribution in [0.5, 0.6) is 0 Å². The highest BCUT2D eigenvalue weighted by Gasteiger charge is 2.19. The Balaban J connectivity index is 1.56. The van der Waals surface area contributed by atoms with E-state index in [0.29, 0.717) is 29.5 Å². The van der Waals surface area contributed by atoms with Crippen LogP contribution in [0.1, 0.15) is 29.3 Å². The van der Waals surface area contributed by atoms with Gasteiger partial charge in [0, 0.05) is 67.8 Å². The van der Waals surface area contributed by atoms with E-state index in [0.717, 1.165) is 30.9 Å². The van der Waals surface area contributed by atoms with Gasteiger partial charge in [-0.2, -0.15) is 0 Å². The van der Waals surface area contributed by atoms with Gasteiger partial charge < -0.3 is 15.7 Å². The van der Waals surface area contributed by atoms with E-state index in [1.54, 1.807) is 24.7 Å². The van der Waals surface area contributed by atoms with Gasteiger partial charge in [0.05, 0.1) is 18.0 Å². The lowest BCUT2D eigenvalue weighted by Gasteiger charge is -2.12. The number of pyridine rings is 1. The van der Waals surface area contributed by atoms with Gasteiger partial charge in [-0.3, -0.25) is 15.3 Å². The number of nitrogens with one attached hydrogen (secondary N) is 3. The Morgan fingerprint density at radius 3 is 2.84 bits per heavy atom. The van der Waals surface area contributed by atoms with Gasteiger partial charge in [0.15, 0.2) is 0 Å². The van der Waals surface area contributed by atoms with E-state index in [2.05, 4.69) is 42.6 Å². The molecule has 0 spiro atoms. The number of aliphatic hydroxyl groups is 1. The maximum Gasteiger partial charge on any atom is 0.227 e. The molecule has 0 saturated heterocycles. The van der Waals surface area contributed by atoms with Crippen molar-refractivity contribution in [1.29, 1.82) is 5.41 Å². The summed E-state index contributed by atoms with van der Waals surface area (Å²) in [7, 11) is 0. The van der Waals surface area contributed by atoms with Gasteiger partial charge >= 0.3 is 0 Å². The normalized spacial score (nSPS) is 13.6. The Bertz CT molecular complexity index is 1110. The minimum Gasteiger partial charge on any atom is -0.395 e. The Morgan fingerprint density at radius 1 is 1.19 bits per heavy atom. The predicted molar refractivity (Wildman–Crippen MR) is 126 cm³/mol. The standard InChI is InChI=1S/C24H27N7O/c1-2-26-14-21(23(25)17-4-3-8-27-13-17)22-7-9-28-24(30-22)29-20-6-5-18-15-31(10-11-32)16-19(18)12-20/h3-9,12-14,25-26,32H,2,10-11,15-16H2,1H3,(H,28,29,30)/b21-14-,25-23?. The third kappa shape index (κ3) is 4.99. The van der Waals surface area contributed by atoms with Gasteiger partial charge in [-0.05, 0) is 48.4 Å². The lowest BCUT2D eigenvalue weighted by atomic mass is 10.0. The molecule has 0 radical (unpaired) electrons. The fourth-order valence-electron chi connectivity index (χ4n) is 3.68. The predicted octanol–water partition coefficient (Wildman–Crippen LogP) is 2.94. The third-order valence-electron chi connectivity index (χ3n) is 5.27. The van der Waals surface area contributed by atoms with Gasteiger partial charge in [-0.15, -0.1) is 0 Å². The molecule has 0 amide bonds. The zero-order valence-corrected chi connectivity index (χ0v) is 18.0. The van der Waals surface area contributed by atoms with Crippen molar-refractivity contribution in [2.24, 2.45) is 0 Å². The number of β-amino-alcohol motifs (C(OH)–C–C–N with tert-alkyl or cyclic N) is 1. The molecule has 2 aromatic heterocycles. The van der Waals surface area contributed by atoms with E-state index < -0.39 is 0 Å². The molecule has 1 aromatic carbocycles. The Kier molecular flexibility index (Phi) is 6.84. The molecular formula is C24H27N7O. The van der Waals surface area contributed by atoms with Crippen molar-refractivity contribution in [1.82, 2.24) is 25.2 Å². The summed E-state index contributed by atoms with van der Waals surface area (Å²) >= 11 is 0. The second-order valence-electron chi connectivity index (χ2n) is 7.54. The number of aliphatic hydroxyl groups excluding tert-OH is 1. The second-order valence-corrected chi connectivity index (χ2v) is 7.54. The van der Waals surface area contributed by atoms with Crippen molar-refractivity contribution in [3.05, 3.63) is 83.6 Å². The van der Waals surface area contributed by atoms with Crippen LogP contribution in [0.2, 0.25) is 0 Å². The minimum atomic E-state index is 0.163. The number of aromatic nitrogens is 3. The molecule has 4 N–H and O–H groups in total. The zero-order chi connectivity index (χ0) is 22.3. The molecule has 0 atom stereocenters. The van der Waals surface area contributed by atoms with E-state index in [9.17, 15) is 5.11 Å². The summed E-state index contributed by atoms with van der Waals surface area (Å²) in [5.41, 5.74) is 5.80. The first-order chi connectivity index (χ1) is 15.7. The summed E-state index contributed by atoms with van der Waals surface area (Å²) < 4.78 is 0. The van der Waals surface area contributed by atoms with Crippen LogP contribution < -0.4 is 10.6 Å². The van der Waals surface area contributed by atoms with Crippen LogP contribution in [0.25, 0.3) is 5.57 Å². The highest BCUT2D eigenvalue weighted by atomic mass is 16.3. The average molecular weight is 430 g/mol. The van der Waals surface area contributed by atoms with Gasteiger partial charge in [0.2, 0.25) is 5.95 Å². The molecule has 3 aromatic rings. The van der Waals surface area contributed by atoms with Crippen LogP contribution in [0.4, 0.5) is 11.6 Å². The van der Waals surface area contributed by atoms with Crippen LogP contribution in [-0.4, -0.2) is 50.4 Å². The van der Waals surface area contributed by atoms with Crippen LogP contribution in [0.15, 0.2) is 61.2 Å². The van der Waals surface area contributed by atoms with Gasteiger partial charge in [0.25, 0.3) is 0 Å². The van der Waals surface area contributed by atoms with E-state index in [-0.39, 0.29) is 6.61 Å². The van der Waals surface area contributed by atoms with E-state index in [1.807, 2.05) is 31.3 Å². The first-order valence-corrected chi connectivity index (χ1v) is 10.7. The molecular weight excluding hydrogens is 402 g/mol. The SMILES string of the molecule is CCN/C=C(\C(=N)c1cccnc1)c1ccnc(Nc2ccc3c(c2)CN(CCO)C3)n1. The number of anilines is 2. The van der Waals surface area contributed by atoms with Crippen molar-refractivity contribution in [2.75, 3.05) is 25.0 Å². The fraction of sp³-hybridized carbons (Fsp3) is 0.250. The molecule has 0 saturated carbocycles. The first kappa shape index (κ1) is 21.6. The van der Waals surface area contributed by atoms with Gasteiger partial charge in [-0.25, -0.2) is 9.97 Å². The number of fused-ring (bicyclic) bond motifs is 1. The van der Waals surface area contributed by atoms with Crippen molar-refractivity contribution in [2.45, 2.75) is 20.0 Å². The van der Waals surface area contributed by atoms with Crippen molar-refractivity contribution in [3.8, 4) is 0 Å². The molecule has 32 heavy (non-hydrogen) atoms. The minimum absolute atomic E-state index is 0.163. The summed E-state index contributed by atoms with van der Waals surface area (Å²) in [6, 6.07) is 11.7. The number of nitrogens with zero attached hydrogens (tertiary/aromatic N) is 4. The second kappa shape index (κ2) is 10.1. The summed E-state index contributed by atoms with van der Waals surface area (Å²) in [4.78, 5) is 15.4. The maximum absolute atomic E-state index is 9.19. The molecule has 4 rings (SSSR count). The topological polar surface area (TPSA) is 110 Å². The maximum atomic E-state index is 9.19. The van der Waals surface area contributed by atoms with Crippen LogP contribution in [0, 0.1) is 5.41 Å². The molecule has 1 aliphatic rings. The average Bonchev–Trinajstić information content (AvgIpc) is 3.22. The number of rotatable bonds is 9. The van der Waals surface area contributed by atoms with Crippen LogP contribution >= 0.6 is 0 Å². The highest BCUT2D eigenvalue weighted by molar-refractivity contribution is 6.29. The molecule has 1 aliphatic heterocycles. The van der Waals surface area contributed by atoms with Crippen molar-refractivity contribution < 1.29 is 5.11 Å². The summed E-state index contributed by atoms with van der Waals surface area (Å²) in [5, 5.41) is 24.3. The molecule has 8 nitrogen and oxygen atoms in total. The third-order valence-corrected chi connectivity index (χ3v) is 5.27. The van der Waals surface area contributed by atoms with E-state index >= 15 is 0 Å². The smallest absolute Gasteiger partial charge is 0.227 e. The zero-order valence-electron chi connectivity index (χ0n) is 18.0. The molecule has 8 heteroatoms. The number of hydrogen-bond donors (Lipinski definition) is 4. The largest absolute Gasteiger partial charge is 0.395 e. The van der Waals surface area contributed by atoms with E-state index in [1.165, 1.54) is 11.1 Å².